The Labute approximate surface area is 125 Å². The van der Waals surface area contributed by atoms with Crippen LogP contribution in [0.1, 0.15) is 35.1 Å². The number of rotatable bonds is 4. The van der Waals surface area contributed by atoms with Crippen LogP contribution in [0.5, 0.6) is 0 Å². The first-order valence-electron chi connectivity index (χ1n) is 7.42. The van der Waals surface area contributed by atoms with E-state index in [1.54, 1.807) is 0 Å². The lowest BCUT2D eigenvalue weighted by molar-refractivity contribution is -0.122. The van der Waals surface area contributed by atoms with Crippen molar-refractivity contribution in [3.8, 4) is 0 Å². The number of hydrogen-bond acceptors (Lipinski definition) is 2. The van der Waals surface area contributed by atoms with Crippen LogP contribution in [-0.2, 0) is 11.2 Å². The second-order valence-electron chi connectivity index (χ2n) is 5.57. The molecular formula is C18H20N2O. The van der Waals surface area contributed by atoms with Crippen molar-refractivity contribution in [2.24, 2.45) is 5.73 Å². The Hall–Kier alpha value is -2.13. The maximum Gasteiger partial charge on any atom is 0.241 e. The summed E-state index contributed by atoms with van der Waals surface area (Å²) in [5.41, 5.74) is 9.63. The van der Waals surface area contributed by atoms with Gasteiger partial charge in [-0.05, 0) is 29.5 Å². The van der Waals surface area contributed by atoms with Crippen molar-refractivity contribution in [2.75, 3.05) is 6.54 Å². The normalized spacial score (nSPS) is 18.0. The van der Waals surface area contributed by atoms with Crippen molar-refractivity contribution < 1.29 is 4.79 Å². The molecule has 0 saturated carbocycles. The van der Waals surface area contributed by atoms with Gasteiger partial charge in [-0.2, -0.15) is 0 Å². The lowest BCUT2D eigenvalue weighted by Crippen LogP contribution is -2.36. The molecule has 1 amide bonds. The summed E-state index contributed by atoms with van der Waals surface area (Å²) in [6.07, 6.45) is 2.20. The summed E-state index contributed by atoms with van der Waals surface area (Å²) in [5.74, 6) is 0.304. The van der Waals surface area contributed by atoms with Gasteiger partial charge in [0.15, 0.2) is 0 Å². The van der Waals surface area contributed by atoms with Crippen LogP contribution in [-0.4, -0.2) is 12.5 Å². The van der Waals surface area contributed by atoms with Crippen molar-refractivity contribution in [1.82, 2.24) is 5.32 Å². The molecule has 0 aromatic heterocycles. The SMILES string of the molecule is NC(C(=O)NCC1CCc2ccccc21)c1ccccc1. The third kappa shape index (κ3) is 2.98. The third-order valence-electron chi connectivity index (χ3n) is 4.22. The number of hydrogen-bond donors (Lipinski definition) is 2. The van der Waals surface area contributed by atoms with Gasteiger partial charge in [0, 0.05) is 12.5 Å². The first kappa shape index (κ1) is 13.8. The molecule has 3 nitrogen and oxygen atoms in total. The number of carbonyl (C=O) groups excluding carboxylic acids is 1. The van der Waals surface area contributed by atoms with Crippen LogP contribution >= 0.6 is 0 Å². The summed E-state index contributed by atoms with van der Waals surface area (Å²) in [6.45, 7) is 0.663. The zero-order valence-electron chi connectivity index (χ0n) is 12.0. The summed E-state index contributed by atoms with van der Waals surface area (Å²) in [4.78, 5) is 12.2. The first-order valence-corrected chi connectivity index (χ1v) is 7.42. The summed E-state index contributed by atoms with van der Waals surface area (Å²) in [7, 11) is 0. The van der Waals surface area contributed by atoms with Crippen molar-refractivity contribution in [2.45, 2.75) is 24.8 Å². The molecule has 0 fully saturated rings. The quantitative estimate of drug-likeness (QED) is 0.904. The molecule has 0 aliphatic heterocycles. The molecule has 0 heterocycles. The highest BCUT2D eigenvalue weighted by molar-refractivity contribution is 5.82. The average Bonchev–Trinajstić information content (AvgIpc) is 2.96. The Morgan fingerprint density at radius 1 is 1.14 bits per heavy atom. The monoisotopic (exact) mass is 280 g/mol. The maximum absolute atomic E-state index is 12.2. The molecule has 2 unspecified atom stereocenters. The van der Waals surface area contributed by atoms with Crippen molar-refractivity contribution in [3.05, 3.63) is 71.3 Å². The van der Waals surface area contributed by atoms with E-state index in [1.807, 2.05) is 30.3 Å². The van der Waals surface area contributed by atoms with Crippen LogP contribution in [0.4, 0.5) is 0 Å². The minimum atomic E-state index is -0.595. The predicted octanol–water partition coefficient (Wildman–Crippen LogP) is 2.53. The largest absolute Gasteiger partial charge is 0.354 e. The van der Waals surface area contributed by atoms with E-state index in [1.165, 1.54) is 11.1 Å². The highest BCUT2D eigenvalue weighted by Crippen LogP contribution is 2.32. The van der Waals surface area contributed by atoms with Gasteiger partial charge in [0.05, 0.1) is 0 Å². The summed E-state index contributed by atoms with van der Waals surface area (Å²) in [6, 6.07) is 17.4. The summed E-state index contributed by atoms with van der Waals surface area (Å²) in [5, 5.41) is 3.00. The molecule has 0 bridgehead atoms. The van der Waals surface area contributed by atoms with Gasteiger partial charge in [0.1, 0.15) is 6.04 Å². The number of aryl methyl sites for hydroxylation is 1. The van der Waals surface area contributed by atoms with Crippen LogP contribution in [0.3, 0.4) is 0 Å². The fraction of sp³-hybridized carbons (Fsp3) is 0.278. The maximum atomic E-state index is 12.2. The van der Waals surface area contributed by atoms with Gasteiger partial charge >= 0.3 is 0 Å². The Kier molecular flexibility index (Phi) is 4.02. The van der Waals surface area contributed by atoms with E-state index in [0.29, 0.717) is 12.5 Å². The molecule has 0 radical (unpaired) electrons. The Morgan fingerprint density at radius 2 is 1.86 bits per heavy atom. The molecule has 1 aliphatic rings. The van der Waals surface area contributed by atoms with Crippen LogP contribution in [0.25, 0.3) is 0 Å². The molecule has 2 atom stereocenters. The molecule has 3 rings (SSSR count). The van der Waals surface area contributed by atoms with Crippen LogP contribution in [0.2, 0.25) is 0 Å². The van der Waals surface area contributed by atoms with Gasteiger partial charge in [-0.15, -0.1) is 0 Å². The molecule has 2 aromatic rings. The van der Waals surface area contributed by atoms with E-state index in [2.05, 4.69) is 29.6 Å². The molecule has 0 saturated heterocycles. The minimum Gasteiger partial charge on any atom is -0.354 e. The predicted molar refractivity (Wildman–Crippen MR) is 83.9 cm³/mol. The molecule has 1 aliphatic carbocycles. The van der Waals surface area contributed by atoms with Crippen molar-refractivity contribution in [1.29, 1.82) is 0 Å². The highest BCUT2D eigenvalue weighted by Gasteiger charge is 2.23. The zero-order chi connectivity index (χ0) is 14.7. The fourth-order valence-corrected chi connectivity index (χ4v) is 3.00. The molecule has 3 heteroatoms. The van der Waals surface area contributed by atoms with Gasteiger partial charge in [-0.1, -0.05) is 54.6 Å². The van der Waals surface area contributed by atoms with E-state index < -0.39 is 6.04 Å². The smallest absolute Gasteiger partial charge is 0.241 e. The van der Waals surface area contributed by atoms with E-state index in [9.17, 15) is 4.79 Å². The fourth-order valence-electron chi connectivity index (χ4n) is 3.00. The van der Waals surface area contributed by atoms with Crippen LogP contribution in [0.15, 0.2) is 54.6 Å². The Balaban J connectivity index is 1.60. The molecule has 2 aromatic carbocycles. The van der Waals surface area contributed by atoms with E-state index in [-0.39, 0.29) is 5.91 Å². The topological polar surface area (TPSA) is 55.1 Å². The van der Waals surface area contributed by atoms with Gasteiger partial charge < -0.3 is 11.1 Å². The number of amides is 1. The van der Waals surface area contributed by atoms with Crippen LogP contribution in [0, 0.1) is 0 Å². The molecule has 0 spiro atoms. The van der Waals surface area contributed by atoms with Crippen molar-refractivity contribution >= 4 is 5.91 Å². The Morgan fingerprint density at radius 3 is 2.67 bits per heavy atom. The third-order valence-corrected chi connectivity index (χ3v) is 4.22. The molecule has 21 heavy (non-hydrogen) atoms. The van der Waals surface area contributed by atoms with E-state index in [4.69, 9.17) is 5.73 Å². The second-order valence-corrected chi connectivity index (χ2v) is 5.57. The molecular weight excluding hydrogens is 260 g/mol. The molecule has 3 N–H and O–H groups in total. The number of fused-ring (bicyclic) bond motifs is 1. The van der Waals surface area contributed by atoms with Gasteiger partial charge in [-0.3, -0.25) is 4.79 Å². The first-order chi connectivity index (χ1) is 10.3. The number of carbonyl (C=O) groups is 1. The average molecular weight is 280 g/mol. The van der Waals surface area contributed by atoms with E-state index in [0.717, 1.165) is 18.4 Å². The molecule has 108 valence electrons. The number of benzene rings is 2. The zero-order valence-corrected chi connectivity index (χ0v) is 12.0. The summed E-state index contributed by atoms with van der Waals surface area (Å²) < 4.78 is 0. The minimum absolute atomic E-state index is 0.106. The lowest BCUT2D eigenvalue weighted by Gasteiger charge is -2.16. The van der Waals surface area contributed by atoms with E-state index >= 15 is 0 Å². The van der Waals surface area contributed by atoms with Crippen LogP contribution < -0.4 is 11.1 Å². The number of nitrogens with two attached hydrogens (primary N) is 1. The van der Waals surface area contributed by atoms with Gasteiger partial charge in [0.2, 0.25) is 5.91 Å². The van der Waals surface area contributed by atoms with Gasteiger partial charge in [-0.25, -0.2) is 0 Å². The van der Waals surface area contributed by atoms with Gasteiger partial charge in [0.25, 0.3) is 0 Å². The van der Waals surface area contributed by atoms with Crippen molar-refractivity contribution in [3.63, 3.8) is 0 Å². The highest BCUT2D eigenvalue weighted by atomic mass is 16.2. The number of nitrogens with one attached hydrogen (secondary N) is 1. The standard InChI is InChI=1S/C18H20N2O/c19-17(14-7-2-1-3-8-14)18(21)20-12-15-11-10-13-6-4-5-9-16(13)15/h1-9,15,17H,10-12,19H2,(H,20,21). The summed E-state index contributed by atoms with van der Waals surface area (Å²) >= 11 is 0. The second kappa shape index (κ2) is 6.10. The lowest BCUT2D eigenvalue weighted by atomic mass is 10.0. The Bertz CT molecular complexity index is 624.